The van der Waals surface area contributed by atoms with Gasteiger partial charge in [0.25, 0.3) is 0 Å². The number of hydrogen-bond donors (Lipinski definition) is 0. The largest absolute Gasteiger partial charge is 0.416 e. The van der Waals surface area contributed by atoms with Crippen LogP contribution in [-0.4, -0.2) is 24.8 Å². The summed E-state index contributed by atoms with van der Waals surface area (Å²) in [5, 5.41) is 12.9. The van der Waals surface area contributed by atoms with Gasteiger partial charge in [0.2, 0.25) is 4.96 Å². The smallest absolute Gasteiger partial charge is 0.264 e. The normalized spacial score (nSPS) is 12.0. The van der Waals surface area contributed by atoms with Crippen molar-refractivity contribution in [2.24, 2.45) is 0 Å². The third kappa shape index (κ3) is 2.52. The van der Waals surface area contributed by atoms with Gasteiger partial charge in [-0.2, -0.15) is 22.8 Å². The van der Waals surface area contributed by atoms with Crippen molar-refractivity contribution in [1.82, 2.24) is 24.8 Å². The molecule has 4 rings (SSSR count). The monoisotopic (exact) mass is 347 g/mol. The third-order valence-corrected chi connectivity index (χ3v) is 4.30. The van der Waals surface area contributed by atoms with Gasteiger partial charge in [-0.25, -0.2) is 0 Å². The number of alkyl halides is 3. The molecule has 0 aliphatic carbocycles. The third-order valence-electron chi connectivity index (χ3n) is 3.35. The van der Waals surface area contributed by atoms with Crippen LogP contribution in [0.2, 0.25) is 0 Å². The van der Waals surface area contributed by atoms with E-state index in [1.165, 1.54) is 21.9 Å². The first kappa shape index (κ1) is 14.8. The van der Waals surface area contributed by atoms with Gasteiger partial charge < -0.3 is 0 Å². The Balaban J connectivity index is 1.81. The summed E-state index contributed by atoms with van der Waals surface area (Å²) >= 11 is 1.18. The van der Waals surface area contributed by atoms with E-state index in [9.17, 15) is 13.2 Å². The van der Waals surface area contributed by atoms with E-state index in [4.69, 9.17) is 0 Å². The molecule has 0 aliphatic heterocycles. The molecule has 0 spiro atoms. The van der Waals surface area contributed by atoms with Gasteiger partial charge in [0.1, 0.15) is 5.01 Å². The second-order valence-corrected chi connectivity index (χ2v) is 5.90. The minimum atomic E-state index is -4.39. The zero-order valence-corrected chi connectivity index (χ0v) is 12.7. The average Bonchev–Trinajstić information content (AvgIpc) is 3.15. The molecule has 0 bridgehead atoms. The van der Waals surface area contributed by atoms with E-state index >= 15 is 0 Å². The zero-order valence-electron chi connectivity index (χ0n) is 11.9. The predicted octanol–water partition coefficient (Wildman–Crippen LogP) is 3.93. The fourth-order valence-corrected chi connectivity index (χ4v) is 3.07. The highest BCUT2D eigenvalue weighted by atomic mass is 32.1. The molecule has 0 radical (unpaired) electrons. The first-order chi connectivity index (χ1) is 11.5. The van der Waals surface area contributed by atoms with Gasteiger partial charge in [0.05, 0.1) is 5.56 Å². The van der Waals surface area contributed by atoms with Crippen LogP contribution in [-0.2, 0) is 6.18 Å². The topological polar surface area (TPSA) is 56.0 Å². The lowest BCUT2D eigenvalue weighted by Gasteiger charge is -2.06. The molecule has 4 aromatic rings. The molecule has 0 aliphatic rings. The van der Waals surface area contributed by atoms with Crippen LogP contribution in [0, 0.1) is 0 Å². The summed E-state index contributed by atoms with van der Waals surface area (Å²) in [6.45, 7) is 0. The maximum absolute atomic E-state index is 12.9. The van der Waals surface area contributed by atoms with Crippen LogP contribution in [0.15, 0.2) is 48.8 Å². The summed E-state index contributed by atoms with van der Waals surface area (Å²) < 4.78 is 40.1. The lowest BCUT2D eigenvalue weighted by molar-refractivity contribution is -0.137. The van der Waals surface area contributed by atoms with Gasteiger partial charge in [0, 0.05) is 23.5 Å². The molecule has 24 heavy (non-hydrogen) atoms. The number of fused-ring (bicyclic) bond motifs is 1. The Hall–Kier alpha value is -2.81. The van der Waals surface area contributed by atoms with Crippen molar-refractivity contribution >= 4 is 16.3 Å². The molecule has 0 unspecified atom stereocenters. The summed E-state index contributed by atoms with van der Waals surface area (Å²) in [7, 11) is 0. The summed E-state index contributed by atoms with van der Waals surface area (Å²) in [5.41, 5.74) is 0.404. The lowest BCUT2D eigenvalue weighted by Crippen LogP contribution is -2.04. The lowest BCUT2D eigenvalue weighted by atomic mass is 10.1. The Labute approximate surface area is 137 Å². The molecule has 3 heterocycles. The van der Waals surface area contributed by atoms with E-state index in [-0.39, 0.29) is 0 Å². The molecule has 9 heteroatoms. The predicted molar refractivity (Wildman–Crippen MR) is 82.3 cm³/mol. The van der Waals surface area contributed by atoms with E-state index in [1.54, 1.807) is 24.5 Å². The number of pyridine rings is 1. The first-order valence-electron chi connectivity index (χ1n) is 6.83. The standard InChI is InChI=1S/C15H8F3N5S/c16-15(17,18)11-5-1-3-9(7-11)13-22-23-12(20-21-14(23)24-13)10-4-2-6-19-8-10/h1-8H. The van der Waals surface area contributed by atoms with Crippen molar-refractivity contribution in [3.05, 3.63) is 54.4 Å². The Morgan fingerprint density at radius 3 is 2.58 bits per heavy atom. The molecular formula is C15H8F3N5S. The van der Waals surface area contributed by atoms with E-state index < -0.39 is 11.7 Å². The molecule has 3 aromatic heterocycles. The van der Waals surface area contributed by atoms with Crippen LogP contribution in [0.25, 0.3) is 26.9 Å². The minimum absolute atomic E-state index is 0.387. The van der Waals surface area contributed by atoms with Gasteiger partial charge in [0.15, 0.2) is 5.82 Å². The Kier molecular flexibility index (Phi) is 3.31. The van der Waals surface area contributed by atoms with E-state index in [0.29, 0.717) is 21.4 Å². The van der Waals surface area contributed by atoms with E-state index in [2.05, 4.69) is 20.3 Å². The van der Waals surface area contributed by atoms with E-state index in [1.807, 2.05) is 6.07 Å². The summed E-state index contributed by atoms with van der Waals surface area (Å²) in [4.78, 5) is 4.52. The molecule has 0 saturated heterocycles. The van der Waals surface area contributed by atoms with Gasteiger partial charge in [-0.15, -0.1) is 10.2 Å². The molecule has 0 saturated carbocycles. The number of aromatic nitrogens is 5. The quantitative estimate of drug-likeness (QED) is 0.551. The number of rotatable bonds is 2. The first-order valence-corrected chi connectivity index (χ1v) is 7.64. The second kappa shape index (κ2) is 5.38. The van der Waals surface area contributed by atoms with Crippen molar-refractivity contribution in [2.45, 2.75) is 6.18 Å². The Morgan fingerprint density at radius 1 is 1.00 bits per heavy atom. The fourth-order valence-electron chi connectivity index (χ4n) is 2.24. The number of benzene rings is 1. The summed E-state index contributed by atoms with van der Waals surface area (Å²) in [6, 6.07) is 8.64. The molecule has 0 fully saturated rings. The number of nitrogens with zero attached hydrogens (tertiary/aromatic N) is 5. The fraction of sp³-hybridized carbons (Fsp3) is 0.0667. The van der Waals surface area contributed by atoms with Crippen LogP contribution in [0.5, 0.6) is 0 Å². The highest BCUT2D eigenvalue weighted by Gasteiger charge is 2.30. The zero-order chi connectivity index (χ0) is 16.7. The van der Waals surface area contributed by atoms with Crippen molar-refractivity contribution in [3.63, 3.8) is 0 Å². The van der Waals surface area contributed by atoms with Crippen LogP contribution < -0.4 is 0 Å². The maximum atomic E-state index is 12.9. The average molecular weight is 347 g/mol. The molecule has 0 atom stereocenters. The van der Waals surface area contributed by atoms with Crippen LogP contribution in [0.4, 0.5) is 13.2 Å². The van der Waals surface area contributed by atoms with Gasteiger partial charge in [-0.3, -0.25) is 4.98 Å². The maximum Gasteiger partial charge on any atom is 0.416 e. The number of hydrogen-bond acceptors (Lipinski definition) is 5. The van der Waals surface area contributed by atoms with Crippen molar-refractivity contribution < 1.29 is 13.2 Å². The molecular weight excluding hydrogens is 339 g/mol. The minimum Gasteiger partial charge on any atom is -0.264 e. The van der Waals surface area contributed by atoms with Crippen molar-refractivity contribution in [1.29, 1.82) is 0 Å². The van der Waals surface area contributed by atoms with Gasteiger partial charge in [-0.1, -0.05) is 23.5 Å². The summed E-state index contributed by atoms with van der Waals surface area (Å²) in [5.74, 6) is 0.493. The van der Waals surface area contributed by atoms with Crippen LogP contribution in [0.3, 0.4) is 0 Å². The van der Waals surface area contributed by atoms with Crippen molar-refractivity contribution in [2.75, 3.05) is 0 Å². The molecule has 0 amide bonds. The second-order valence-electron chi connectivity index (χ2n) is 4.95. The Morgan fingerprint density at radius 2 is 1.83 bits per heavy atom. The summed E-state index contributed by atoms with van der Waals surface area (Å²) in [6.07, 6.45) is -1.13. The molecule has 0 N–H and O–H groups in total. The molecule has 1 aromatic carbocycles. The molecule has 5 nitrogen and oxygen atoms in total. The van der Waals surface area contributed by atoms with E-state index in [0.717, 1.165) is 17.7 Å². The highest BCUT2D eigenvalue weighted by Crippen LogP contribution is 2.33. The van der Waals surface area contributed by atoms with Gasteiger partial charge >= 0.3 is 6.18 Å². The highest BCUT2D eigenvalue weighted by molar-refractivity contribution is 7.19. The van der Waals surface area contributed by atoms with Gasteiger partial charge in [-0.05, 0) is 24.3 Å². The number of halogens is 3. The Bertz CT molecular complexity index is 1010. The van der Waals surface area contributed by atoms with Crippen LogP contribution >= 0.6 is 11.3 Å². The van der Waals surface area contributed by atoms with Crippen LogP contribution in [0.1, 0.15) is 5.56 Å². The molecule has 120 valence electrons. The SMILES string of the molecule is FC(F)(F)c1cccc(-c2nn3c(-c4cccnc4)nnc3s2)c1. The van der Waals surface area contributed by atoms with Crippen molar-refractivity contribution in [3.8, 4) is 22.0 Å².